The Morgan fingerprint density at radius 2 is 0.686 bits per heavy atom. The molecule has 0 fully saturated rings. The lowest BCUT2D eigenvalue weighted by molar-refractivity contribution is 1.30. The summed E-state index contributed by atoms with van der Waals surface area (Å²) < 4.78 is 0. The maximum absolute atomic E-state index is 2.44. The first kappa shape index (κ1) is 29.2. The Balaban J connectivity index is 1.17. The van der Waals surface area contributed by atoms with Gasteiger partial charge in [-0.1, -0.05) is 176 Å². The number of nitrogens with zero attached hydrogens (tertiary/aromatic N) is 1. The summed E-state index contributed by atoms with van der Waals surface area (Å²) in [6, 6.07) is 73.1. The quantitative estimate of drug-likeness (QED) is 0.168. The highest BCUT2D eigenvalue weighted by Gasteiger charge is 2.20. The summed E-state index contributed by atoms with van der Waals surface area (Å²) in [5.41, 5.74) is 8.25. The van der Waals surface area contributed by atoms with E-state index in [2.05, 4.69) is 205 Å². The lowest BCUT2D eigenvalue weighted by Gasteiger charge is -2.29. The fourth-order valence-electron chi connectivity index (χ4n) is 8.07. The van der Waals surface area contributed by atoms with Gasteiger partial charge in [-0.15, -0.1) is 0 Å². The molecule has 0 radical (unpaired) electrons. The fraction of sp³-hybridized carbons (Fsp3) is 0. The van der Waals surface area contributed by atoms with Gasteiger partial charge in [-0.3, -0.25) is 0 Å². The lowest BCUT2D eigenvalue weighted by Crippen LogP contribution is -2.11. The smallest absolute Gasteiger partial charge is 0.0540 e. The highest BCUT2D eigenvalue weighted by Crippen LogP contribution is 2.46. The van der Waals surface area contributed by atoms with E-state index in [0.717, 1.165) is 17.1 Å². The van der Waals surface area contributed by atoms with Gasteiger partial charge in [0.05, 0.1) is 11.4 Å². The van der Waals surface area contributed by atoms with Crippen LogP contribution in [0.5, 0.6) is 0 Å². The van der Waals surface area contributed by atoms with E-state index in [1.807, 2.05) is 0 Å². The van der Waals surface area contributed by atoms with Crippen LogP contribution in [0.4, 0.5) is 17.1 Å². The number of benzene rings is 10. The maximum atomic E-state index is 2.44. The predicted octanol–water partition coefficient (Wildman–Crippen LogP) is 14.3. The Kier molecular flexibility index (Phi) is 6.89. The van der Waals surface area contributed by atoms with Crippen LogP contribution in [0.15, 0.2) is 200 Å². The summed E-state index contributed by atoms with van der Waals surface area (Å²) in [7, 11) is 0. The Bertz CT molecular complexity index is 2910. The van der Waals surface area contributed by atoms with E-state index < -0.39 is 0 Å². The minimum atomic E-state index is 1.11. The van der Waals surface area contributed by atoms with Gasteiger partial charge in [-0.2, -0.15) is 0 Å². The van der Waals surface area contributed by atoms with Gasteiger partial charge in [-0.25, -0.2) is 0 Å². The largest absolute Gasteiger partial charge is 0.309 e. The second-order valence-electron chi connectivity index (χ2n) is 13.3. The van der Waals surface area contributed by atoms with Gasteiger partial charge in [0.15, 0.2) is 0 Å². The van der Waals surface area contributed by atoms with E-state index in [-0.39, 0.29) is 0 Å². The molecular weight excluding hydrogens is 615 g/mol. The first-order chi connectivity index (χ1) is 25.3. The Labute approximate surface area is 297 Å². The second-order valence-corrected chi connectivity index (χ2v) is 13.3. The molecule has 10 rings (SSSR count). The van der Waals surface area contributed by atoms with Crippen molar-refractivity contribution in [2.24, 2.45) is 0 Å². The molecule has 0 N–H and O–H groups in total. The van der Waals surface area contributed by atoms with E-state index in [1.165, 1.54) is 76.1 Å². The van der Waals surface area contributed by atoms with E-state index in [4.69, 9.17) is 0 Å². The van der Waals surface area contributed by atoms with Crippen LogP contribution in [-0.2, 0) is 0 Å². The van der Waals surface area contributed by atoms with Crippen molar-refractivity contribution in [2.75, 3.05) is 4.90 Å². The van der Waals surface area contributed by atoms with Crippen molar-refractivity contribution in [1.82, 2.24) is 0 Å². The molecule has 0 bridgehead atoms. The maximum Gasteiger partial charge on any atom is 0.0540 e. The van der Waals surface area contributed by atoms with E-state index >= 15 is 0 Å². The van der Waals surface area contributed by atoms with Crippen LogP contribution in [0, 0.1) is 0 Å². The van der Waals surface area contributed by atoms with Crippen molar-refractivity contribution >= 4 is 70.9 Å². The molecule has 10 aromatic carbocycles. The first-order valence-corrected chi connectivity index (χ1v) is 17.6. The summed E-state index contributed by atoms with van der Waals surface area (Å²) in [5, 5.41) is 12.6. The van der Waals surface area contributed by atoms with Gasteiger partial charge >= 0.3 is 0 Å². The van der Waals surface area contributed by atoms with Crippen molar-refractivity contribution in [2.45, 2.75) is 0 Å². The van der Waals surface area contributed by atoms with Crippen molar-refractivity contribution in [3.63, 3.8) is 0 Å². The number of hydrogen-bond acceptors (Lipinski definition) is 1. The topological polar surface area (TPSA) is 3.24 Å². The van der Waals surface area contributed by atoms with E-state index in [9.17, 15) is 0 Å². The van der Waals surface area contributed by atoms with Crippen LogP contribution >= 0.6 is 0 Å². The van der Waals surface area contributed by atoms with Gasteiger partial charge in [0.25, 0.3) is 0 Å². The van der Waals surface area contributed by atoms with Gasteiger partial charge in [0.1, 0.15) is 0 Å². The highest BCUT2D eigenvalue weighted by atomic mass is 15.1. The van der Waals surface area contributed by atoms with Crippen LogP contribution in [0.3, 0.4) is 0 Å². The molecule has 1 nitrogen and oxygen atoms in total. The normalized spacial score (nSPS) is 11.5. The van der Waals surface area contributed by atoms with Gasteiger partial charge in [0, 0.05) is 16.6 Å². The molecule has 238 valence electrons. The van der Waals surface area contributed by atoms with Crippen molar-refractivity contribution in [1.29, 1.82) is 0 Å². The molecular formula is C50H33N. The molecule has 51 heavy (non-hydrogen) atoms. The molecule has 0 aliphatic rings. The van der Waals surface area contributed by atoms with Crippen molar-refractivity contribution < 1.29 is 0 Å². The zero-order chi connectivity index (χ0) is 33.7. The summed E-state index contributed by atoms with van der Waals surface area (Å²) in [4.78, 5) is 2.44. The van der Waals surface area contributed by atoms with Crippen LogP contribution in [-0.4, -0.2) is 0 Å². The molecule has 0 aliphatic carbocycles. The zero-order valence-corrected chi connectivity index (χ0v) is 28.0. The lowest BCUT2D eigenvalue weighted by atomic mass is 9.93. The summed E-state index contributed by atoms with van der Waals surface area (Å²) in [5.74, 6) is 0. The molecule has 0 atom stereocenters. The third-order valence-electron chi connectivity index (χ3n) is 10.5. The standard InChI is InChI=1S/C50H33N/c1-4-16-39-35(13-1)28-32-46-41(20-10-21-43(39)46)37-26-30-38(31-27-37)51(49-25-9-15-34-12-3-6-18-42(34)49)50-24-8-7-19-48(50)45-23-11-22-44-40-17-5-2-14-36(40)29-33-47(44)45/h1-33H. The number of anilines is 3. The van der Waals surface area contributed by atoms with Gasteiger partial charge < -0.3 is 4.90 Å². The van der Waals surface area contributed by atoms with Crippen LogP contribution < -0.4 is 4.90 Å². The summed E-state index contributed by atoms with van der Waals surface area (Å²) >= 11 is 0. The fourth-order valence-corrected chi connectivity index (χ4v) is 8.07. The monoisotopic (exact) mass is 647 g/mol. The average molecular weight is 648 g/mol. The number of rotatable bonds is 5. The molecule has 0 saturated heterocycles. The predicted molar refractivity (Wildman–Crippen MR) is 220 cm³/mol. The molecule has 1 heteroatoms. The molecule has 0 spiro atoms. The van der Waals surface area contributed by atoms with Gasteiger partial charge in [-0.05, 0) is 89.4 Å². The summed E-state index contributed by atoms with van der Waals surface area (Å²) in [6.07, 6.45) is 0. The minimum Gasteiger partial charge on any atom is -0.309 e. The van der Waals surface area contributed by atoms with Crippen molar-refractivity contribution in [3.05, 3.63) is 200 Å². The number of para-hydroxylation sites is 1. The van der Waals surface area contributed by atoms with E-state index in [0.29, 0.717) is 0 Å². The Hall–Kier alpha value is -6.70. The van der Waals surface area contributed by atoms with Crippen LogP contribution in [0.1, 0.15) is 0 Å². The molecule has 0 saturated carbocycles. The molecule has 0 heterocycles. The first-order valence-electron chi connectivity index (χ1n) is 17.6. The molecule has 0 amide bonds. The summed E-state index contributed by atoms with van der Waals surface area (Å²) in [6.45, 7) is 0. The second kappa shape index (κ2) is 12.0. The van der Waals surface area contributed by atoms with Crippen LogP contribution in [0.25, 0.3) is 76.1 Å². The average Bonchev–Trinajstić information content (AvgIpc) is 3.21. The third-order valence-corrected chi connectivity index (χ3v) is 10.5. The Morgan fingerprint density at radius 3 is 1.37 bits per heavy atom. The third kappa shape index (κ3) is 4.86. The molecule has 0 aliphatic heterocycles. The SMILES string of the molecule is c1ccc(N(c2ccc(-c3cccc4c3ccc3ccccc34)cc2)c2cccc3ccccc23)c(-c2cccc3c2ccc2ccccc23)c1. The molecule has 10 aromatic rings. The zero-order valence-electron chi connectivity index (χ0n) is 28.0. The highest BCUT2D eigenvalue weighted by molar-refractivity contribution is 6.14. The molecule has 0 unspecified atom stereocenters. The van der Waals surface area contributed by atoms with Gasteiger partial charge in [0.2, 0.25) is 0 Å². The number of hydrogen-bond donors (Lipinski definition) is 0. The molecule has 0 aromatic heterocycles. The minimum absolute atomic E-state index is 1.11. The van der Waals surface area contributed by atoms with Crippen LogP contribution in [0.2, 0.25) is 0 Å². The number of fused-ring (bicyclic) bond motifs is 7. The Morgan fingerprint density at radius 1 is 0.235 bits per heavy atom. The van der Waals surface area contributed by atoms with Crippen molar-refractivity contribution in [3.8, 4) is 22.3 Å². The van der Waals surface area contributed by atoms with E-state index in [1.54, 1.807) is 0 Å².